The van der Waals surface area contributed by atoms with Gasteiger partial charge in [0, 0.05) is 5.69 Å². The zero-order valence-electron chi connectivity index (χ0n) is 12.1. The van der Waals surface area contributed by atoms with Crippen molar-refractivity contribution in [1.29, 1.82) is 0 Å². The molecule has 102 valence electrons. The minimum Gasteiger partial charge on any atom is -0.330 e. The lowest BCUT2D eigenvalue weighted by Crippen LogP contribution is -2.05. The first-order valence-corrected chi connectivity index (χ1v) is 6.90. The highest BCUT2D eigenvalue weighted by atomic mass is 15.3. The van der Waals surface area contributed by atoms with Crippen molar-refractivity contribution in [3.8, 4) is 0 Å². The molecule has 0 fully saturated rings. The molecule has 0 aliphatic heterocycles. The van der Waals surface area contributed by atoms with E-state index < -0.39 is 0 Å². The fourth-order valence-electron chi connectivity index (χ4n) is 2.40. The van der Waals surface area contributed by atoms with Crippen LogP contribution in [-0.4, -0.2) is 16.3 Å². The van der Waals surface area contributed by atoms with Crippen LogP contribution in [0.3, 0.4) is 0 Å². The maximum atomic E-state index is 5.59. The van der Waals surface area contributed by atoms with Crippen molar-refractivity contribution in [2.45, 2.75) is 40.2 Å². The number of rotatable bonds is 5. The fraction of sp³-hybridized carbons (Fsp3) is 0.438. The van der Waals surface area contributed by atoms with Gasteiger partial charge in [-0.2, -0.15) is 5.10 Å². The van der Waals surface area contributed by atoms with E-state index in [9.17, 15) is 0 Å². The zero-order valence-corrected chi connectivity index (χ0v) is 12.1. The molecule has 0 aliphatic rings. The number of aryl methyl sites for hydroxylation is 2. The summed E-state index contributed by atoms with van der Waals surface area (Å²) in [5, 5.41) is 4.66. The van der Waals surface area contributed by atoms with Crippen LogP contribution in [0.1, 0.15) is 34.5 Å². The second kappa shape index (κ2) is 6.02. The molecular formula is C16H23N3. The van der Waals surface area contributed by atoms with E-state index in [1.54, 1.807) is 0 Å². The van der Waals surface area contributed by atoms with Crippen molar-refractivity contribution < 1.29 is 0 Å². The molecule has 1 heterocycles. The van der Waals surface area contributed by atoms with E-state index in [2.05, 4.69) is 54.8 Å². The number of hydrogen-bond acceptors (Lipinski definition) is 2. The standard InChI is InChI=1S/C16H23N3/c1-12-6-8-15(9-7-12)11-19-14(3)16(5-4-10-17)13(2)18-19/h6-9H,4-5,10-11,17H2,1-3H3. The zero-order chi connectivity index (χ0) is 13.8. The Morgan fingerprint density at radius 1 is 1.11 bits per heavy atom. The van der Waals surface area contributed by atoms with E-state index in [4.69, 9.17) is 5.73 Å². The third kappa shape index (κ3) is 3.24. The summed E-state index contributed by atoms with van der Waals surface area (Å²) in [6, 6.07) is 8.64. The molecule has 0 saturated carbocycles. The Bertz CT molecular complexity index is 538. The predicted molar refractivity (Wildman–Crippen MR) is 79.4 cm³/mol. The monoisotopic (exact) mass is 257 g/mol. The van der Waals surface area contributed by atoms with Crippen molar-refractivity contribution in [1.82, 2.24) is 9.78 Å². The van der Waals surface area contributed by atoms with Crippen molar-refractivity contribution in [2.24, 2.45) is 5.73 Å². The van der Waals surface area contributed by atoms with E-state index in [0.717, 1.165) is 31.6 Å². The molecular weight excluding hydrogens is 234 g/mol. The molecule has 0 spiro atoms. The maximum absolute atomic E-state index is 5.59. The van der Waals surface area contributed by atoms with Crippen molar-refractivity contribution >= 4 is 0 Å². The van der Waals surface area contributed by atoms with Crippen molar-refractivity contribution in [3.05, 3.63) is 52.3 Å². The third-order valence-corrected chi connectivity index (χ3v) is 3.62. The van der Waals surface area contributed by atoms with Crippen LogP contribution in [0.5, 0.6) is 0 Å². The molecule has 2 N–H and O–H groups in total. The second-order valence-corrected chi connectivity index (χ2v) is 5.18. The molecule has 3 heteroatoms. The van der Waals surface area contributed by atoms with E-state index in [0.29, 0.717) is 0 Å². The molecule has 2 aromatic rings. The summed E-state index contributed by atoms with van der Waals surface area (Å²) in [5.41, 5.74) is 11.9. The molecule has 2 rings (SSSR count). The molecule has 0 saturated heterocycles. The van der Waals surface area contributed by atoms with Crippen LogP contribution >= 0.6 is 0 Å². The van der Waals surface area contributed by atoms with Gasteiger partial charge in [-0.25, -0.2) is 0 Å². The molecule has 0 radical (unpaired) electrons. The molecule has 0 atom stereocenters. The van der Waals surface area contributed by atoms with Gasteiger partial charge in [-0.15, -0.1) is 0 Å². The number of benzene rings is 1. The van der Waals surface area contributed by atoms with Gasteiger partial charge in [0.05, 0.1) is 12.2 Å². The van der Waals surface area contributed by atoms with Gasteiger partial charge in [-0.3, -0.25) is 4.68 Å². The van der Waals surface area contributed by atoms with Gasteiger partial charge >= 0.3 is 0 Å². The summed E-state index contributed by atoms with van der Waals surface area (Å²) in [4.78, 5) is 0. The number of aromatic nitrogens is 2. The largest absolute Gasteiger partial charge is 0.330 e. The topological polar surface area (TPSA) is 43.8 Å². The Morgan fingerprint density at radius 3 is 2.42 bits per heavy atom. The molecule has 19 heavy (non-hydrogen) atoms. The van der Waals surface area contributed by atoms with Gasteiger partial charge in [0.25, 0.3) is 0 Å². The summed E-state index contributed by atoms with van der Waals surface area (Å²) in [7, 11) is 0. The highest BCUT2D eigenvalue weighted by molar-refractivity contribution is 5.27. The first-order chi connectivity index (χ1) is 9.11. The van der Waals surface area contributed by atoms with Gasteiger partial charge in [-0.05, 0) is 51.3 Å². The second-order valence-electron chi connectivity index (χ2n) is 5.18. The number of nitrogens with two attached hydrogens (primary N) is 1. The molecule has 0 amide bonds. The van der Waals surface area contributed by atoms with Crippen molar-refractivity contribution in [2.75, 3.05) is 6.54 Å². The number of hydrogen-bond donors (Lipinski definition) is 1. The average molecular weight is 257 g/mol. The van der Waals surface area contributed by atoms with Crippen LogP contribution < -0.4 is 5.73 Å². The highest BCUT2D eigenvalue weighted by Gasteiger charge is 2.11. The highest BCUT2D eigenvalue weighted by Crippen LogP contribution is 2.16. The summed E-state index contributed by atoms with van der Waals surface area (Å²) in [6.45, 7) is 7.93. The minimum absolute atomic E-state index is 0.738. The first-order valence-electron chi connectivity index (χ1n) is 6.90. The quantitative estimate of drug-likeness (QED) is 0.895. The Balaban J connectivity index is 2.19. The smallest absolute Gasteiger partial charge is 0.0662 e. The molecule has 0 aliphatic carbocycles. The molecule has 1 aromatic carbocycles. The van der Waals surface area contributed by atoms with Gasteiger partial charge in [0.2, 0.25) is 0 Å². The SMILES string of the molecule is Cc1ccc(Cn2nc(C)c(CCCN)c2C)cc1. The van der Waals surface area contributed by atoms with Gasteiger partial charge < -0.3 is 5.73 Å². The van der Waals surface area contributed by atoms with Crippen LogP contribution in [0, 0.1) is 20.8 Å². The Hall–Kier alpha value is -1.61. The molecule has 0 bridgehead atoms. The Labute approximate surface area is 115 Å². The van der Waals surface area contributed by atoms with Gasteiger partial charge in [0.1, 0.15) is 0 Å². The molecule has 1 aromatic heterocycles. The van der Waals surface area contributed by atoms with Crippen molar-refractivity contribution in [3.63, 3.8) is 0 Å². The van der Waals surface area contributed by atoms with E-state index >= 15 is 0 Å². The van der Waals surface area contributed by atoms with Crippen LogP contribution in [0.15, 0.2) is 24.3 Å². The average Bonchev–Trinajstić information content (AvgIpc) is 2.65. The van der Waals surface area contributed by atoms with Crippen LogP contribution in [0.4, 0.5) is 0 Å². The predicted octanol–water partition coefficient (Wildman–Crippen LogP) is 2.75. The van der Waals surface area contributed by atoms with Gasteiger partial charge in [0.15, 0.2) is 0 Å². The fourth-order valence-corrected chi connectivity index (χ4v) is 2.40. The Kier molecular flexibility index (Phi) is 4.38. The number of nitrogens with zero attached hydrogens (tertiary/aromatic N) is 2. The summed E-state index contributed by atoms with van der Waals surface area (Å²) >= 11 is 0. The normalized spacial score (nSPS) is 10.9. The molecule has 0 unspecified atom stereocenters. The third-order valence-electron chi connectivity index (χ3n) is 3.62. The lowest BCUT2D eigenvalue weighted by molar-refractivity contribution is 0.657. The Morgan fingerprint density at radius 2 is 1.79 bits per heavy atom. The van der Waals surface area contributed by atoms with E-state index in [1.807, 2.05) is 0 Å². The minimum atomic E-state index is 0.738. The summed E-state index contributed by atoms with van der Waals surface area (Å²) < 4.78 is 2.10. The lowest BCUT2D eigenvalue weighted by Gasteiger charge is -2.06. The maximum Gasteiger partial charge on any atom is 0.0662 e. The van der Waals surface area contributed by atoms with Crippen LogP contribution in [-0.2, 0) is 13.0 Å². The van der Waals surface area contributed by atoms with Gasteiger partial charge in [-0.1, -0.05) is 29.8 Å². The summed E-state index contributed by atoms with van der Waals surface area (Å²) in [6.07, 6.45) is 2.06. The van der Waals surface area contributed by atoms with Crippen LogP contribution in [0.2, 0.25) is 0 Å². The lowest BCUT2D eigenvalue weighted by atomic mass is 10.1. The first kappa shape index (κ1) is 13.8. The van der Waals surface area contributed by atoms with Crippen LogP contribution in [0.25, 0.3) is 0 Å². The van der Waals surface area contributed by atoms with E-state index in [-0.39, 0.29) is 0 Å². The molecule has 3 nitrogen and oxygen atoms in total. The van der Waals surface area contributed by atoms with E-state index in [1.165, 1.54) is 22.4 Å². The summed E-state index contributed by atoms with van der Waals surface area (Å²) in [5.74, 6) is 0.